The molecule has 2 rings (SSSR count). The first-order chi connectivity index (χ1) is 8.49. The third kappa shape index (κ3) is 4.33. The summed E-state index contributed by atoms with van der Waals surface area (Å²) in [6.07, 6.45) is 1.85. The summed E-state index contributed by atoms with van der Waals surface area (Å²) in [6.45, 7) is 2.94. The average molecular weight is 325 g/mol. The lowest BCUT2D eigenvalue weighted by atomic mass is 10.0. The van der Waals surface area contributed by atoms with Gasteiger partial charge in [-0.1, -0.05) is 11.6 Å². The molecule has 19 heavy (non-hydrogen) atoms. The SMILES string of the molecule is CC1NCCCC1NS(=O)(=O)c1ccc(Cl)cc1.Cl. The van der Waals surface area contributed by atoms with Gasteiger partial charge in [-0.05, 0) is 50.6 Å². The largest absolute Gasteiger partial charge is 0.313 e. The lowest BCUT2D eigenvalue weighted by Gasteiger charge is -2.30. The fourth-order valence-corrected chi connectivity index (χ4v) is 3.56. The Morgan fingerprint density at radius 2 is 1.95 bits per heavy atom. The van der Waals surface area contributed by atoms with Crippen LogP contribution in [0.15, 0.2) is 29.2 Å². The van der Waals surface area contributed by atoms with E-state index in [1.54, 1.807) is 12.1 Å². The molecule has 2 atom stereocenters. The number of sulfonamides is 1. The number of hydrogen-bond acceptors (Lipinski definition) is 3. The zero-order chi connectivity index (χ0) is 13.2. The summed E-state index contributed by atoms with van der Waals surface area (Å²) in [4.78, 5) is 0.254. The zero-order valence-electron chi connectivity index (χ0n) is 10.6. The highest BCUT2D eigenvalue weighted by Gasteiger charge is 2.26. The molecule has 108 valence electrons. The number of piperidine rings is 1. The van der Waals surface area contributed by atoms with E-state index in [4.69, 9.17) is 11.6 Å². The molecule has 0 saturated carbocycles. The van der Waals surface area contributed by atoms with Gasteiger partial charge in [0.1, 0.15) is 0 Å². The van der Waals surface area contributed by atoms with Crippen molar-refractivity contribution in [3.05, 3.63) is 29.3 Å². The maximum atomic E-state index is 12.2. The molecule has 0 bridgehead atoms. The van der Waals surface area contributed by atoms with Crippen LogP contribution < -0.4 is 10.0 Å². The fraction of sp³-hybridized carbons (Fsp3) is 0.500. The van der Waals surface area contributed by atoms with Gasteiger partial charge in [-0.3, -0.25) is 0 Å². The van der Waals surface area contributed by atoms with Gasteiger partial charge in [0.2, 0.25) is 10.0 Å². The van der Waals surface area contributed by atoms with Gasteiger partial charge in [0.25, 0.3) is 0 Å². The Morgan fingerprint density at radius 3 is 2.53 bits per heavy atom. The summed E-state index contributed by atoms with van der Waals surface area (Å²) < 4.78 is 27.1. The quantitative estimate of drug-likeness (QED) is 0.896. The molecule has 1 aromatic rings. The molecule has 0 aromatic heterocycles. The predicted molar refractivity (Wildman–Crippen MR) is 79.5 cm³/mol. The van der Waals surface area contributed by atoms with Crippen LogP contribution in [0.1, 0.15) is 19.8 Å². The molecule has 1 saturated heterocycles. The molecule has 1 heterocycles. The molecule has 0 amide bonds. The molecule has 1 aliphatic heterocycles. The van der Waals surface area contributed by atoms with Gasteiger partial charge in [-0.2, -0.15) is 0 Å². The molecule has 0 radical (unpaired) electrons. The number of nitrogens with one attached hydrogen (secondary N) is 2. The molecule has 0 aliphatic carbocycles. The van der Waals surface area contributed by atoms with E-state index in [1.807, 2.05) is 6.92 Å². The van der Waals surface area contributed by atoms with Gasteiger partial charge >= 0.3 is 0 Å². The van der Waals surface area contributed by atoms with E-state index < -0.39 is 10.0 Å². The van der Waals surface area contributed by atoms with Crippen LogP contribution in [-0.4, -0.2) is 27.0 Å². The van der Waals surface area contributed by atoms with E-state index in [9.17, 15) is 8.42 Å². The van der Waals surface area contributed by atoms with Crippen molar-refractivity contribution in [2.24, 2.45) is 0 Å². The molecule has 1 aromatic carbocycles. The van der Waals surface area contributed by atoms with Crippen LogP contribution in [0.4, 0.5) is 0 Å². The van der Waals surface area contributed by atoms with E-state index >= 15 is 0 Å². The van der Waals surface area contributed by atoms with Crippen molar-refractivity contribution in [3.8, 4) is 0 Å². The van der Waals surface area contributed by atoms with Gasteiger partial charge in [0.05, 0.1) is 4.90 Å². The molecular weight excluding hydrogens is 307 g/mol. The summed E-state index contributed by atoms with van der Waals surface area (Å²) >= 11 is 5.75. The first-order valence-electron chi connectivity index (χ1n) is 6.00. The molecule has 0 spiro atoms. The zero-order valence-corrected chi connectivity index (χ0v) is 13.0. The minimum Gasteiger partial charge on any atom is -0.313 e. The Morgan fingerprint density at radius 1 is 1.32 bits per heavy atom. The Bertz CT molecular complexity index is 505. The van der Waals surface area contributed by atoms with E-state index in [-0.39, 0.29) is 29.4 Å². The molecule has 7 heteroatoms. The van der Waals surface area contributed by atoms with E-state index in [1.165, 1.54) is 12.1 Å². The second kappa shape index (κ2) is 6.90. The minimum absolute atomic E-state index is 0. The number of hydrogen-bond donors (Lipinski definition) is 2. The fourth-order valence-electron chi connectivity index (χ4n) is 2.09. The average Bonchev–Trinajstić information content (AvgIpc) is 2.32. The lowest BCUT2D eigenvalue weighted by molar-refractivity contribution is 0.349. The monoisotopic (exact) mass is 324 g/mol. The third-order valence-electron chi connectivity index (χ3n) is 3.19. The number of benzene rings is 1. The van der Waals surface area contributed by atoms with E-state index in [2.05, 4.69) is 10.0 Å². The summed E-state index contributed by atoms with van der Waals surface area (Å²) in [5.41, 5.74) is 0. The molecule has 1 aliphatic rings. The number of halogens is 2. The van der Waals surface area contributed by atoms with Crippen LogP contribution in [0.5, 0.6) is 0 Å². The Balaban J connectivity index is 0.00000180. The third-order valence-corrected chi connectivity index (χ3v) is 4.95. The summed E-state index contributed by atoms with van der Waals surface area (Å²) in [5, 5.41) is 3.80. The molecular formula is C12H18Cl2N2O2S. The highest BCUT2D eigenvalue weighted by atomic mass is 35.5. The van der Waals surface area contributed by atoms with Crippen molar-refractivity contribution in [2.75, 3.05) is 6.54 Å². The number of rotatable bonds is 3. The van der Waals surface area contributed by atoms with Crippen molar-refractivity contribution in [3.63, 3.8) is 0 Å². The normalized spacial score (nSPS) is 23.7. The lowest BCUT2D eigenvalue weighted by Crippen LogP contribution is -2.51. The first-order valence-corrected chi connectivity index (χ1v) is 7.86. The van der Waals surface area contributed by atoms with Crippen LogP contribution in [0.3, 0.4) is 0 Å². The van der Waals surface area contributed by atoms with Crippen molar-refractivity contribution in [1.29, 1.82) is 0 Å². The highest BCUT2D eigenvalue weighted by molar-refractivity contribution is 7.89. The van der Waals surface area contributed by atoms with Gasteiger partial charge in [-0.25, -0.2) is 13.1 Å². The van der Waals surface area contributed by atoms with Gasteiger partial charge in [-0.15, -0.1) is 12.4 Å². The van der Waals surface area contributed by atoms with E-state index in [0.29, 0.717) is 5.02 Å². The topological polar surface area (TPSA) is 58.2 Å². The second-order valence-electron chi connectivity index (χ2n) is 4.57. The summed E-state index contributed by atoms with van der Waals surface area (Å²) in [7, 11) is -3.46. The smallest absolute Gasteiger partial charge is 0.240 e. The molecule has 2 unspecified atom stereocenters. The second-order valence-corrected chi connectivity index (χ2v) is 6.72. The predicted octanol–water partition coefficient (Wildman–Crippen LogP) is 2.18. The molecule has 1 fully saturated rings. The van der Waals surface area contributed by atoms with Gasteiger partial charge < -0.3 is 5.32 Å². The Hall–Kier alpha value is -0.330. The van der Waals surface area contributed by atoms with Crippen LogP contribution in [0.25, 0.3) is 0 Å². The molecule has 4 nitrogen and oxygen atoms in total. The maximum absolute atomic E-state index is 12.2. The van der Waals surface area contributed by atoms with Crippen LogP contribution in [0.2, 0.25) is 5.02 Å². The summed E-state index contributed by atoms with van der Waals surface area (Å²) in [6, 6.07) is 6.30. The maximum Gasteiger partial charge on any atom is 0.240 e. The minimum atomic E-state index is -3.46. The van der Waals surface area contributed by atoms with Gasteiger partial charge in [0.15, 0.2) is 0 Å². The van der Waals surface area contributed by atoms with Crippen LogP contribution >= 0.6 is 24.0 Å². The van der Waals surface area contributed by atoms with Crippen molar-refractivity contribution in [2.45, 2.75) is 36.7 Å². The van der Waals surface area contributed by atoms with Crippen molar-refractivity contribution in [1.82, 2.24) is 10.0 Å². The van der Waals surface area contributed by atoms with Crippen LogP contribution in [0, 0.1) is 0 Å². The first kappa shape index (κ1) is 16.7. The summed E-state index contributed by atoms with van der Waals surface area (Å²) in [5.74, 6) is 0. The van der Waals surface area contributed by atoms with Crippen molar-refractivity contribution >= 4 is 34.0 Å². The van der Waals surface area contributed by atoms with E-state index in [0.717, 1.165) is 19.4 Å². The standard InChI is InChI=1S/C12H17ClN2O2S.ClH/c1-9-12(3-2-8-14-9)15-18(16,17)11-6-4-10(13)5-7-11;/h4-7,9,12,14-15H,2-3,8H2,1H3;1H. The Labute approximate surface area is 125 Å². The Kier molecular flexibility index (Phi) is 6.08. The van der Waals surface area contributed by atoms with Gasteiger partial charge in [0, 0.05) is 17.1 Å². The molecule has 2 N–H and O–H groups in total. The van der Waals surface area contributed by atoms with Crippen molar-refractivity contribution < 1.29 is 8.42 Å². The van der Waals surface area contributed by atoms with Crippen LogP contribution in [-0.2, 0) is 10.0 Å². The highest BCUT2D eigenvalue weighted by Crippen LogP contribution is 2.16.